The first-order valence-corrected chi connectivity index (χ1v) is 5.42. The summed E-state index contributed by atoms with van der Waals surface area (Å²) in [6.45, 7) is 0.453. The molecule has 6 heteroatoms. The SMILES string of the molecule is Fc1cc(Cl)ccc1NCc1csnn1. The number of hydrogen-bond acceptors (Lipinski definition) is 4. The van der Waals surface area contributed by atoms with E-state index in [1.807, 2.05) is 0 Å². The molecule has 0 saturated heterocycles. The summed E-state index contributed by atoms with van der Waals surface area (Å²) in [7, 11) is 0. The first-order chi connectivity index (χ1) is 7.25. The summed E-state index contributed by atoms with van der Waals surface area (Å²) in [5.74, 6) is -0.370. The molecule has 0 bridgehead atoms. The van der Waals surface area contributed by atoms with E-state index < -0.39 is 0 Å². The van der Waals surface area contributed by atoms with Crippen molar-refractivity contribution in [3.05, 3.63) is 40.1 Å². The van der Waals surface area contributed by atoms with Crippen molar-refractivity contribution in [2.45, 2.75) is 6.54 Å². The van der Waals surface area contributed by atoms with Gasteiger partial charge in [-0.2, -0.15) is 0 Å². The second kappa shape index (κ2) is 4.55. The minimum absolute atomic E-state index is 0.370. The van der Waals surface area contributed by atoms with E-state index in [1.54, 1.807) is 17.5 Å². The second-order valence-corrected chi connectivity index (χ2v) is 3.92. The molecule has 0 atom stereocenters. The highest BCUT2D eigenvalue weighted by atomic mass is 35.5. The van der Waals surface area contributed by atoms with Crippen molar-refractivity contribution in [2.75, 3.05) is 5.32 Å². The van der Waals surface area contributed by atoms with Crippen LogP contribution in [0.3, 0.4) is 0 Å². The maximum atomic E-state index is 13.3. The molecule has 0 aliphatic heterocycles. The van der Waals surface area contributed by atoms with Crippen LogP contribution in [0.1, 0.15) is 5.69 Å². The summed E-state index contributed by atoms with van der Waals surface area (Å²) in [5, 5.41) is 8.94. The molecule has 1 heterocycles. The van der Waals surface area contributed by atoms with E-state index in [-0.39, 0.29) is 5.82 Å². The zero-order valence-corrected chi connectivity index (χ0v) is 9.15. The highest BCUT2D eigenvalue weighted by molar-refractivity contribution is 7.03. The van der Waals surface area contributed by atoms with Crippen molar-refractivity contribution >= 4 is 28.8 Å². The van der Waals surface area contributed by atoms with Crippen LogP contribution in [-0.4, -0.2) is 9.59 Å². The van der Waals surface area contributed by atoms with Crippen molar-refractivity contribution < 1.29 is 4.39 Å². The summed E-state index contributed by atoms with van der Waals surface area (Å²) in [6.07, 6.45) is 0. The van der Waals surface area contributed by atoms with E-state index in [0.717, 1.165) is 5.69 Å². The van der Waals surface area contributed by atoms with Crippen molar-refractivity contribution in [1.29, 1.82) is 0 Å². The van der Waals surface area contributed by atoms with Gasteiger partial charge in [-0.15, -0.1) is 5.10 Å². The average molecular weight is 244 g/mol. The Hall–Kier alpha value is -1.20. The van der Waals surface area contributed by atoms with Gasteiger partial charge in [-0.3, -0.25) is 0 Å². The molecule has 1 N–H and O–H groups in total. The Balaban J connectivity index is 2.05. The number of anilines is 1. The van der Waals surface area contributed by atoms with Gasteiger partial charge in [0, 0.05) is 10.4 Å². The van der Waals surface area contributed by atoms with E-state index in [9.17, 15) is 4.39 Å². The van der Waals surface area contributed by atoms with Gasteiger partial charge in [0.1, 0.15) is 5.82 Å². The third-order valence-corrected chi connectivity index (χ3v) is 2.58. The summed E-state index contributed by atoms with van der Waals surface area (Å²) >= 11 is 6.89. The minimum Gasteiger partial charge on any atom is -0.377 e. The lowest BCUT2D eigenvalue weighted by Crippen LogP contribution is -2.01. The monoisotopic (exact) mass is 243 g/mol. The molecule has 0 aliphatic carbocycles. The van der Waals surface area contributed by atoms with Gasteiger partial charge in [-0.1, -0.05) is 16.1 Å². The number of rotatable bonds is 3. The summed E-state index contributed by atoms with van der Waals surface area (Å²) < 4.78 is 17.0. The molecule has 3 nitrogen and oxygen atoms in total. The predicted octanol–water partition coefficient (Wildman–Crippen LogP) is 2.94. The highest BCUT2D eigenvalue weighted by Gasteiger charge is 2.03. The molecule has 2 rings (SSSR count). The molecule has 2 aromatic rings. The van der Waals surface area contributed by atoms with Crippen molar-refractivity contribution in [2.24, 2.45) is 0 Å². The number of nitrogens with zero attached hydrogens (tertiary/aromatic N) is 2. The Morgan fingerprint density at radius 2 is 2.33 bits per heavy atom. The quantitative estimate of drug-likeness (QED) is 0.901. The van der Waals surface area contributed by atoms with Crippen molar-refractivity contribution in [3.63, 3.8) is 0 Å². The molecule has 0 spiro atoms. The lowest BCUT2D eigenvalue weighted by Gasteiger charge is -2.05. The molecule has 15 heavy (non-hydrogen) atoms. The maximum Gasteiger partial charge on any atom is 0.147 e. The van der Waals surface area contributed by atoms with Gasteiger partial charge >= 0.3 is 0 Å². The van der Waals surface area contributed by atoms with Crippen LogP contribution in [0.5, 0.6) is 0 Å². The Labute approximate surface area is 95.1 Å². The Morgan fingerprint density at radius 3 is 3.00 bits per heavy atom. The Bertz CT molecular complexity index is 447. The maximum absolute atomic E-state index is 13.3. The molecule has 0 aliphatic rings. The number of halogens is 2. The number of nitrogens with one attached hydrogen (secondary N) is 1. The van der Waals surface area contributed by atoms with Crippen LogP contribution < -0.4 is 5.32 Å². The minimum atomic E-state index is -0.370. The van der Waals surface area contributed by atoms with Crippen LogP contribution in [0.25, 0.3) is 0 Å². The molecular weight excluding hydrogens is 237 g/mol. The fourth-order valence-electron chi connectivity index (χ4n) is 1.08. The first kappa shape index (κ1) is 10.3. The topological polar surface area (TPSA) is 37.8 Å². The summed E-state index contributed by atoms with van der Waals surface area (Å²) in [6, 6.07) is 4.49. The molecule has 0 fully saturated rings. The third kappa shape index (κ3) is 2.64. The third-order valence-electron chi connectivity index (χ3n) is 1.80. The smallest absolute Gasteiger partial charge is 0.147 e. The Kier molecular flexibility index (Phi) is 3.13. The number of hydrogen-bond donors (Lipinski definition) is 1. The van der Waals surface area contributed by atoms with Gasteiger partial charge in [0.05, 0.1) is 17.9 Å². The normalized spacial score (nSPS) is 10.3. The Morgan fingerprint density at radius 1 is 1.47 bits per heavy atom. The van der Waals surface area contributed by atoms with E-state index in [4.69, 9.17) is 11.6 Å². The predicted molar refractivity (Wildman–Crippen MR) is 58.6 cm³/mol. The van der Waals surface area contributed by atoms with Crippen LogP contribution in [0.2, 0.25) is 5.02 Å². The average Bonchev–Trinajstić information content (AvgIpc) is 2.69. The lowest BCUT2D eigenvalue weighted by atomic mass is 10.3. The van der Waals surface area contributed by atoms with E-state index in [1.165, 1.54) is 17.6 Å². The van der Waals surface area contributed by atoms with Crippen molar-refractivity contribution in [1.82, 2.24) is 9.59 Å². The van der Waals surface area contributed by atoms with E-state index in [2.05, 4.69) is 14.9 Å². The highest BCUT2D eigenvalue weighted by Crippen LogP contribution is 2.19. The van der Waals surface area contributed by atoms with Gasteiger partial charge < -0.3 is 5.32 Å². The standard InChI is InChI=1S/C9H7ClFN3S/c10-6-1-2-9(8(11)3-6)12-4-7-5-15-14-13-7/h1-3,5,12H,4H2. The van der Waals surface area contributed by atoms with Crippen molar-refractivity contribution in [3.8, 4) is 0 Å². The molecule has 0 saturated carbocycles. The van der Waals surface area contributed by atoms with Gasteiger partial charge in [0.15, 0.2) is 0 Å². The van der Waals surface area contributed by atoms with Gasteiger partial charge in [-0.05, 0) is 29.7 Å². The first-order valence-electron chi connectivity index (χ1n) is 4.20. The zero-order valence-electron chi connectivity index (χ0n) is 7.58. The van der Waals surface area contributed by atoms with Crippen LogP contribution >= 0.6 is 23.1 Å². The molecular formula is C9H7ClFN3S. The fraction of sp³-hybridized carbons (Fsp3) is 0.111. The second-order valence-electron chi connectivity index (χ2n) is 2.87. The largest absolute Gasteiger partial charge is 0.377 e. The van der Waals surface area contributed by atoms with Gasteiger partial charge in [0.25, 0.3) is 0 Å². The lowest BCUT2D eigenvalue weighted by molar-refractivity contribution is 0.630. The number of benzene rings is 1. The van der Waals surface area contributed by atoms with Crippen LogP contribution in [-0.2, 0) is 6.54 Å². The molecule has 0 unspecified atom stereocenters. The van der Waals surface area contributed by atoms with Crippen LogP contribution in [0.4, 0.5) is 10.1 Å². The molecule has 0 radical (unpaired) electrons. The van der Waals surface area contributed by atoms with Crippen LogP contribution in [0, 0.1) is 5.82 Å². The summed E-state index contributed by atoms with van der Waals surface area (Å²) in [5.41, 5.74) is 1.20. The molecule has 0 amide bonds. The molecule has 78 valence electrons. The van der Waals surface area contributed by atoms with E-state index >= 15 is 0 Å². The molecule has 1 aromatic heterocycles. The zero-order chi connectivity index (χ0) is 10.7. The van der Waals surface area contributed by atoms with E-state index in [0.29, 0.717) is 17.3 Å². The number of aromatic nitrogens is 2. The fourth-order valence-corrected chi connectivity index (χ4v) is 1.69. The van der Waals surface area contributed by atoms with Gasteiger partial charge in [0.2, 0.25) is 0 Å². The molecule has 1 aromatic carbocycles. The summed E-state index contributed by atoms with van der Waals surface area (Å²) in [4.78, 5) is 0. The van der Waals surface area contributed by atoms with Crippen LogP contribution in [0.15, 0.2) is 23.6 Å². The van der Waals surface area contributed by atoms with Gasteiger partial charge in [-0.25, -0.2) is 4.39 Å².